The van der Waals surface area contributed by atoms with Crippen molar-refractivity contribution in [1.82, 2.24) is 5.32 Å². The Kier molecular flexibility index (Phi) is 9.98. The van der Waals surface area contributed by atoms with Crippen LogP contribution in [0.25, 0.3) is 0 Å². The minimum absolute atomic E-state index is 0.990. The molecule has 120 valence electrons. The van der Waals surface area contributed by atoms with E-state index in [4.69, 9.17) is 0 Å². The van der Waals surface area contributed by atoms with E-state index in [1.54, 1.807) is 0 Å². The van der Waals surface area contributed by atoms with Gasteiger partial charge in [0, 0.05) is 25.3 Å². The first-order valence-corrected chi connectivity index (χ1v) is 8.86. The Bertz CT molecular complexity index is 337. The summed E-state index contributed by atoms with van der Waals surface area (Å²) in [6, 6.07) is 9.14. The summed E-state index contributed by atoms with van der Waals surface area (Å²) in [6.45, 7) is 11.3. The van der Waals surface area contributed by atoms with Gasteiger partial charge in [-0.25, -0.2) is 0 Å². The van der Waals surface area contributed by atoms with E-state index in [2.05, 4.69) is 55.3 Å². The fourth-order valence-electron chi connectivity index (χ4n) is 2.43. The predicted octanol–water partition coefficient (Wildman–Crippen LogP) is 4.98. The van der Waals surface area contributed by atoms with Crippen molar-refractivity contribution in [3.8, 4) is 0 Å². The van der Waals surface area contributed by atoms with Gasteiger partial charge in [0.2, 0.25) is 0 Å². The topological polar surface area (TPSA) is 15.3 Å². The Morgan fingerprint density at radius 3 is 1.90 bits per heavy atom. The third-order valence-electron chi connectivity index (χ3n) is 3.90. The SMILES string of the molecule is CCCCNCc1ccc(N(CCCC)CCCC)cc1. The number of rotatable bonds is 12. The number of hydrogen-bond acceptors (Lipinski definition) is 2. The lowest BCUT2D eigenvalue weighted by Gasteiger charge is -2.25. The van der Waals surface area contributed by atoms with E-state index in [9.17, 15) is 0 Å². The maximum absolute atomic E-state index is 3.51. The lowest BCUT2D eigenvalue weighted by Crippen LogP contribution is -2.25. The summed E-state index contributed by atoms with van der Waals surface area (Å²) in [4.78, 5) is 2.54. The average Bonchev–Trinajstić information content (AvgIpc) is 2.53. The van der Waals surface area contributed by atoms with Gasteiger partial charge in [0.05, 0.1) is 0 Å². The minimum Gasteiger partial charge on any atom is -0.372 e. The van der Waals surface area contributed by atoms with Crippen LogP contribution in [-0.4, -0.2) is 19.6 Å². The fraction of sp³-hybridized carbons (Fsp3) is 0.684. The molecular formula is C19H34N2. The van der Waals surface area contributed by atoms with Gasteiger partial charge in [0.1, 0.15) is 0 Å². The molecule has 0 fully saturated rings. The maximum atomic E-state index is 3.51. The summed E-state index contributed by atoms with van der Waals surface area (Å²) < 4.78 is 0. The quantitative estimate of drug-likeness (QED) is 0.546. The molecule has 0 aromatic heterocycles. The normalized spacial score (nSPS) is 10.8. The molecule has 2 heteroatoms. The van der Waals surface area contributed by atoms with Crippen LogP contribution in [0.5, 0.6) is 0 Å². The molecule has 0 radical (unpaired) electrons. The molecule has 21 heavy (non-hydrogen) atoms. The van der Waals surface area contributed by atoms with Gasteiger partial charge in [-0.3, -0.25) is 0 Å². The Morgan fingerprint density at radius 2 is 1.38 bits per heavy atom. The number of nitrogens with zero attached hydrogens (tertiary/aromatic N) is 1. The van der Waals surface area contributed by atoms with Gasteiger partial charge >= 0.3 is 0 Å². The van der Waals surface area contributed by atoms with Crippen LogP contribution in [0.4, 0.5) is 5.69 Å². The van der Waals surface area contributed by atoms with Gasteiger partial charge in [-0.05, 0) is 43.5 Å². The molecular weight excluding hydrogens is 256 g/mol. The molecule has 1 aromatic rings. The Morgan fingerprint density at radius 1 is 0.810 bits per heavy atom. The van der Waals surface area contributed by atoms with Crippen molar-refractivity contribution in [3.63, 3.8) is 0 Å². The predicted molar refractivity (Wildman–Crippen MR) is 95.1 cm³/mol. The van der Waals surface area contributed by atoms with Crippen molar-refractivity contribution in [2.24, 2.45) is 0 Å². The molecule has 0 aliphatic rings. The van der Waals surface area contributed by atoms with Gasteiger partial charge in [0.15, 0.2) is 0 Å². The van der Waals surface area contributed by atoms with Gasteiger partial charge in [0.25, 0.3) is 0 Å². The highest BCUT2D eigenvalue weighted by Crippen LogP contribution is 2.17. The first-order chi connectivity index (χ1) is 10.3. The number of unbranched alkanes of at least 4 members (excludes halogenated alkanes) is 3. The van der Waals surface area contributed by atoms with Crippen molar-refractivity contribution in [3.05, 3.63) is 29.8 Å². The second kappa shape index (κ2) is 11.6. The first-order valence-electron chi connectivity index (χ1n) is 8.86. The molecule has 0 saturated heterocycles. The number of nitrogens with one attached hydrogen (secondary N) is 1. The lowest BCUT2D eigenvalue weighted by atomic mass is 10.1. The van der Waals surface area contributed by atoms with Crippen LogP contribution < -0.4 is 10.2 Å². The molecule has 1 aromatic carbocycles. The van der Waals surface area contributed by atoms with E-state index >= 15 is 0 Å². The van der Waals surface area contributed by atoms with Crippen molar-refractivity contribution < 1.29 is 0 Å². The zero-order valence-corrected chi connectivity index (χ0v) is 14.3. The Balaban J connectivity index is 2.51. The maximum Gasteiger partial charge on any atom is 0.0366 e. The summed E-state index contributed by atoms with van der Waals surface area (Å²) in [6.07, 6.45) is 7.62. The summed E-state index contributed by atoms with van der Waals surface area (Å²) in [7, 11) is 0. The average molecular weight is 290 g/mol. The molecule has 0 bridgehead atoms. The smallest absolute Gasteiger partial charge is 0.0366 e. The summed E-state index contributed by atoms with van der Waals surface area (Å²) in [5, 5.41) is 3.51. The standard InChI is InChI=1S/C19H34N2/c1-4-7-14-20-17-18-10-12-19(13-11-18)21(15-8-5-2)16-9-6-3/h10-13,20H,4-9,14-17H2,1-3H3. The molecule has 0 heterocycles. The second-order valence-electron chi connectivity index (χ2n) is 5.89. The van der Waals surface area contributed by atoms with Crippen LogP contribution in [-0.2, 0) is 6.54 Å². The van der Waals surface area contributed by atoms with Crippen molar-refractivity contribution in [2.45, 2.75) is 65.8 Å². The Labute approximate surface area is 131 Å². The van der Waals surface area contributed by atoms with Crippen molar-refractivity contribution in [2.75, 3.05) is 24.5 Å². The molecule has 0 aliphatic carbocycles. The van der Waals surface area contributed by atoms with E-state index in [0.29, 0.717) is 0 Å². The van der Waals surface area contributed by atoms with E-state index in [1.807, 2.05) is 0 Å². The van der Waals surface area contributed by atoms with Crippen LogP contribution in [0.15, 0.2) is 24.3 Å². The third-order valence-corrected chi connectivity index (χ3v) is 3.90. The molecule has 1 N–H and O–H groups in total. The minimum atomic E-state index is 0.990. The van der Waals surface area contributed by atoms with E-state index < -0.39 is 0 Å². The Hall–Kier alpha value is -1.02. The number of hydrogen-bond donors (Lipinski definition) is 1. The molecule has 0 spiro atoms. The molecule has 0 aliphatic heterocycles. The van der Waals surface area contributed by atoms with E-state index in [-0.39, 0.29) is 0 Å². The zero-order valence-electron chi connectivity index (χ0n) is 14.3. The number of anilines is 1. The summed E-state index contributed by atoms with van der Waals surface area (Å²) in [5.41, 5.74) is 2.77. The highest BCUT2D eigenvalue weighted by atomic mass is 15.1. The molecule has 0 atom stereocenters. The molecule has 0 unspecified atom stereocenters. The molecule has 1 rings (SSSR count). The van der Waals surface area contributed by atoms with Crippen LogP contribution in [0.2, 0.25) is 0 Å². The zero-order chi connectivity index (χ0) is 15.3. The van der Waals surface area contributed by atoms with Crippen LogP contribution >= 0.6 is 0 Å². The second-order valence-corrected chi connectivity index (χ2v) is 5.89. The summed E-state index contributed by atoms with van der Waals surface area (Å²) in [5.74, 6) is 0. The molecule has 0 saturated carbocycles. The highest BCUT2D eigenvalue weighted by molar-refractivity contribution is 5.47. The molecule has 0 amide bonds. The van der Waals surface area contributed by atoms with Gasteiger partial charge in [-0.2, -0.15) is 0 Å². The van der Waals surface area contributed by atoms with Crippen LogP contribution in [0.1, 0.15) is 64.9 Å². The number of benzene rings is 1. The van der Waals surface area contributed by atoms with Gasteiger partial charge in [-0.1, -0.05) is 52.2 Å². The highest BCUT2D eigenvalue weighted by Gasteiger charge is 2.05. The molecule has 2 nitrogen and oxygen atoms in total. The van der Waals surface area contributed by atoms with Crippen molar-refractivity contribution in [1.29, 1.82) is 0 Å². The van der Waals surface area contributed by atoms with E-state index in [1.165, 1.54) is 62.9 Å². The van der Waals surface area contributed by atoms with Gasteiger partial charge < -0.3 is 10.2 Å². The fourth-order valence-corrected chi connectivity index (χ4v) is 2.43. The lowest BCUT2D eigenvalue weighted by molar-refractivity contribution is 0.641. The van der Waals surface area contributed by atoms with Crippen LogP contribution in [0.3, 0.4) is 0 Å². The largest absolute Gasteiger partial charge is 0.372 e. The van der Waals surface area contributed by atoms with E-state index in [0.717, 1.165) is 13.1 Å². The van der Waals surface area contributed by atoms with Gasteiger partial charge in [-0.15, -0.1) is 0 Å². The van der Waals surface area contributed by atoms with Crippen LogP contribution in [0, 0.1) is 0 Å². The first kappa shape index (κ1) is 18.0. The monoisotopic (exact) mass is 290 g/mol. The third kappa shape index (κ3) is 7.52. The van der Waals surface area contributed by atoms with Crippen molar-refractivity contribution >= 4 is 5.69 Å². The summed E-state index contributed by atoms with van der Waals surface area (Å²) >= 11 is 0.